The first-order valence-electron chi connectivity index (χ1n) is 6.56. The van der Waals surface area contributed by atoms with E-state index in [1.54, 1.807) is 0 Å². The Bertz CT molecular complexity index is 128. The zero-order valence-electron chi connectivity index (χ0n) is 11.1. The van der Waals surface area contributed by atoms with Crippen LogP contribution in [0.2, 0.25) is 0 Å². The molecule has 0 radical (unpaired) electrons. The molecule has 0 heterocycles. The highest BCUT2D eigenvalue weighted by Crippen LogP contribution is 2.31. The van der Waals surface area contributed by atoms with Gasteiger partial charge in [0.1, 0.15) is 0 Å². The maximum Gasteiger partial charge on any atom is -0.0365 e. The van der Waals surface area contributed by atoms with Crippen molar-refractivity contribution in [3.8, 4) is 0 Å². The molecule has 0 N–H and O–H groups in total. The van der Waals surface area contributed by atoms with E-state index in [1.807, 2.05) is 0 Å². The van der Waals surface area contributed by atoms with E-state index >= 15 is 0 Å². The Balaban J connectivity index is 4.09. The van der Waals surface area contributed by atoms with E-state index in [9.17, 15) is 0 Å². The van der Waals surface area contributed by atoms with Crippen LogP contribution in [0.4, 0.5) is 0 Å². The minimum Gasteiger partial charge on any atom is -0.0651 e. The lowest BCUT2D eigenvalue weighted by Gasteiger charge is -2.29. The third kappa shape index (κ3) is 4.48. The van der Waals surface area contributed by atoms with Crippen molar-refractivity contribution in [3.05, 3.63) is 0 Å². The highest BCUT2D eigenvalue weighted by molar-refractivity contribution is 4.71. The van der Waals surface area contributed by atoms with Crippen molar-refractivity contribution in [1.82, 2.24) is 0 Å². The van der Waals surface area contributed by atoms with Gasteiger partial charge in [0.15, 0.2) is 0 Å². The fourth-order valence-electron chi connectivity index (χ4n) is 2.64. The normalized spacial score (nSPS) is 20.1. The monoisotopic (exact) mass is 198 g/mol. The van der Waals surface area contributed by atoms with Crippen LogP contribution in [0.25, 0.3) is 0 Å². The lowest BCUT2D eigenvalue weighted by atomic mass is 9.76. The third-order valence-electron chi connectivity index (χ3n) is 4.05. The van der Waals surface area contributed by atoms with Crippen molar-refractivity contribution < 1.29 is 0 Å². The fourth-order valence-corrected chi connectivity index (χ4v) is 2.64. The molecule has 0 aliphatic rings. The second kappa shape index (κ2) is 7.31. The van der Waals surface area contributed by atoms with Crippen LogP contribution in [-0.2, 0) is 0 Å². The van der Waals surface area contributed by atoms with Crippen LogP contribution in [0.3, 0.4) is 0 Å². The van der Waals surface area contributed by atoms with Crippen molar-refractivity contribution >= 4 is 0 Å². The summed E-state index contributed by atoms with van der Waals surface area (Å²) in [5.41, 5.74) is 0. The van der Waals surface area contributed by atoms with Gasteiger partial charge in [0.05, 0.1) is 0 Å². The molecule has 86 valence electrons. The summed E-state index contributed by atoms with van der Waals surface area (Å²) in [6.45, 7) is 14.2. The highest BCUT2D eigenvalue weighted by Gasteiger charge is 2.21. The zero-order chi connectivity index (χ0) is 11.1. The van der Waals surface area contributed by atoms with Crippen molar-refractivity contribution in [2.24, 2.45) is 23.7 Å². The Labute approximate surface area is 91.5 Å². The quantitative estimate of drug-likeness (QED) is 0.532. The van der Waals surface area contributed by atoms with Crippen molar-refractivity contribution in [1.29, 1.82) is 0 Å². The molecule has 0 aromatic heterocycles. The Hall–Kier alpha value is 0. The van der Waals surface area contributed by atoms with Gasteiger partial charge in [0.2, 0.25) is 0 Å². The third-order valence-corrected chi connectivity index (χ3v) is 4.05. The molecule has 14 heavy (non-hydrogen) atoms. The van der Waals surface area contributed by atoms with Gasteiger partial charge in [-0.2, -0.15) is 0 Å². The number of rotatable bonds is 7. The first-order chi connectivity index (χ1) is 6.56. The molecular weight excluding hydrogens is 168 g/mol. The van der Waals surface area contributed by atoms with E-state index in [0.717, 1.165) is 23.7 Å². The van der Waals surface area contributed by atoms with Crippen LogP contribution in [0, 0.1) is 23.7 Å². The van der Waals surface area contributed by atoms with E-state index in [4.69, 9.17) is 0 Å². The molecule has 4 atom stereocenters. The summed E-state index contributed by atoms with van der Waals surface area (Å²) in [6, 6.07) is 0. The maximum absolute atomic E-state index is 2.45. The largest absolute Gasteiger partial charge is 0.0651 e. The molecule has 0 aliphatic carbocycles. The van der Waals surface area contributed by atoms with E-state index in [1.165, 1.54) is 25.7 Å². The summed E-state index contributed by atoms with van der Waals surface area (Å²) < 4.78 is 0. The minimum atomic E-state index is 0.902. The van der Waals surface area contributed by atoms with Gasteiger partial charge in [-0.25, -0.2) is 0 Å². The van der Waals surface area contributed by atoms with E-state index in [2.05, 4.69) is 41.5 Å². The summed E-state index contributed by atoms with van der Waals surface area (Å²) in [6.07, 6.45) is 5.44. The Morgan fingerprint density at radius 1 is 0.714 bits per heavy atom. The van der Waals surface area contributed by atoms with Gasteiger partial charge in [-0.05, 0) is 30.1 Å². The zero-order valence-corrected chi connectivity index (χ0v) is 11.1. The van der Waals surface area contributed by atoms with Crippen molar-refractivity contribution in [2.45, 2.75) is 67.2 Å². The number of hydrogen-bond donors (Lipinski definition) is 0. The Morgan fingerprint density at radius 3 is 1.64 bits per heavy atom. The number of hydrogen-bond acceptors (Lipinski definition) is 0. The second-order valence-corrected chi connectivity index (χ2v) is 5.18. The maximum atomic E-state index is 2.45. The van der Waals surface area contributed by atoms with E-state index in [0.29, 0.717) is 0 Å². The van der Waals surface area contributed by atoms with Crippen LogP contribution in [0.15, 0.2) is 0 Å². The lowest BCUT2D eigenvalue weighted by molar-refractivity contribution is 0.208. The first-order valence-corrected chi connectivity index (χ1v) is 6.56. The molecule has 0 saturated carbocycles. The predicted octanol–water partition coefficient (Wildman–Crippen LogP) is 5.13. The molecule has 0 bridgehead atoms. The van der Waals surface area contributed by atoms with Gasteiger partial charge in [-0.15, -0.1) is 0 Å². The standard InChI is InChI=1S/C14H30/c1-7-11(4)10-13(6)14(9-3)12(5)8-2/h11-14H,7-10H2,1-6H3. The highest BCUT2D eigenvalue weighted by atomic mass is 14.3. The summed E-state index contributed by atoms with van der Waals surface area (Å²) in [5, 5.41) is 0. The van der Waals surface area contributed by atoms with E-state index < -0.39 is 0 Å². The minimum absolute atomic E-state index is 0.902. The molecular formula is C14H30. The van der Waals surface area contributed by atoms with Crippen LogP contribution in [0.5, 0.6) is 0 Å². The molecule has 0 rings (SSSR count). The Kier molecular flexibility index (Phi) is 7.31. The lowest BCUT2D eigenvalue weighted by Crippen LogP contribution is -2.20. The van der Waals surface area contributed by atoms with Gasteiger partial charge in [0.25, 0.3) is 0 Å². The van der Waals surface area contributed by atoms with Crippen molar-refractivity contribution in [3.63, 3.8) is 0 Å². The summed E-state index contributed by atoms with van der Waals surface area (Å²) >= 11 is 0. The molecule has 0 aromatic carbocycles. The molecule has 0 spiro atoms. The van der Waals surface area contributed by atoms with Crippen LogP contribution < -0.4 is 0 Å². The van der Waals surface area contributed by atoms with Gasteiger partial charge in [-0.3, -0.25) is 0 Å². The van der Waals surface area contributed by atoms with Gasteiger partial charge in [0, 0.05) is 0 Å². The van der Waals surface area contributed by atoms with Gasteiger partial charge < -0.3 is 0 Å². The van der Waals surface area contributed by atoms with Crippen LogP contribution >= 0.6 is 0 Å². The molecule has 0 aliphatic heterocycles. The molecule has 0 nitrogen and oxygen atoms in total. The fraction of sp³-hybridized carbons (Fsp3) is 1.00. The topological polar surface area (TPSA) is 0 Å². The Morgan fingerprint density at radius 2 is 1.29 bits per heavy atom. The SMILES string of the molecule is CCC(C)CC(C)C(CC)C(C)CC. The molecule has 0 heteroatoms. The van der Waals surface area contributed by atoms with Crippen molar-refractivity contribution in [2.75, 3.05) is 0 Å². The summed E-state index contributed by atoms with van der Waals surface area (Å²) in [4.78, 5) is 0. The summed E-state index contributed by atoms with van der Waals surface area (Å²) in [5.74, 6) is 3.65. The second-order valence-electron chi connectivity index (χ2n) is 5.18. The predicted molar refractivity (Wildman–Crippen MR) is 66.5 cm³/mol. The average molecular weight is 198 g/mol. The summed E-state index contributed by atoms with van der Waals surface area (Å²) in [7, 11) is 0. The molecule has 4 unspecified atom stereocenters. The van der Waals surface area contributed by atoms with Gasteiger partial charge in [-0.1, -0.05) is 60.8 Å². The smallest absolute Gasteiger partial charge is 0.0365 e. The molecule has 0 saturated heterocycles. The van der Waals surface area contributed by atoms with E-state index in [-0.39, 0.29) is 0 Å². The average Bonchev–Trinajstić information content (AvgIpc) is 2.18. The molecule has 0 fully saturated rings. The van der Waals surface area contributed by atoms with Crippen LogP contribution in [-0.4, -0.2) is 0 Å². The molecule has 0 amide bonds. The van der Waals surface area contributed by atoms with Crippen LogP contribution in [0.1, 0.15) is 67.2 Å². The molecule has 0 aromatic rings. The van der Waals surface area contributed by atoms with Gasteiger partial charge >= 0.3 is 0 Å². The first kappa shape index (κ1) is 14.0.